The molecule has 0 bridgehead atoms. The smallest absolute Gasteiger partial charge is 0.278 e. The molecule has 8 nitrogen and oxygen atoms in total. The molecule has 1 aliphatic rings. The first-order chi connectivity index (χ1) is 6.91. The summed E-state index contributed by atoms with van der Waals surface area (Å²) in [5, 5.41) is 0. The Bertz CT molecular complexity index is 467. The van der Waals surface area contributed by atoms with Gasteiger partial charge in [-0.3, -0.25) is 14.0 Å². The lowest BCUT2D eigenvalue weighted by Gasteiger charge is -2.52. The van der Waals surface area contributed by atoms with Gasteiger partial charge in [-0.05, 0) is 6.92 Å². The second-order valence-electron chi connectivity index (χ2n) is 4.23. The molecule has 0 amide bonds. The molecule has 0 spiro atoms. The van der Waals surface area contributed by atoms with E-state index in [1.807, 2.05) is 0 Å². The highest BCUT2D eigenvalue weighted by atomic mass is 32.2. The van der Waals surface area contributed by atoms with E-state index in [-0.39, 0.29) is 6.54 Å². The molecule has 1 saturated heterocycles. The van der Waals surface area contributed by atoms with Gasteiger partial charge >= 0.3 is 0 Å². The molecule has 2 unspecified atom stereocenters. The number of hydrogen-bond acceptors (Lipinski definition) is 6. The molecule has 96 valence electrons. The number of nitrogens with zero attached hydrogens (tertiary/aromatic N) is 1. The van der Waals surface area contributed by atoms with Gasteiger partial charge in [0, 0.05) is 18.1 Å². The topological polar surface area (TPSA) is 138 Å². The van der Waals surface area contributed by atoms with Gasteiger partial charge in [-0.25, -0.2) is 0 Å². The molecule has 16 heavy (non-hydrogen) atoms. The summed E-state index contributed by atoms with van der Waals surface area (Å²) in [6.07, 6.45) is 0. The van der Waals surface area contributed by atoms with Gasteiger partial charge in [0.25, 0.3) is 20.2 Å². The normalized spacial score (nSPS) is 32.4. The van der Waals surface area contributed by atoms with Crippen LogP contribution in [0.4, 0.5) is 0 Å². The summed E-state index contributed by atoms with van der Waals surface area (Å²) in [6, 6.07) is -0.829. The SMILES string of the molecule is CC1(N)CN(CS(=O)(=O)O)C1CS(=O)(=O)O. The average molecular weight is 274 g/mol. The van der Waals surface area contributed by atoms with Crippen molar-refractivity contribution in [2.24, 2.45) is 5.73 Å². The van der Waals surface area contributed by atoms with Crippen molar-refractivity contribution in [1.82, 2.24) is 4.90 Å². The molecule has 0 aromatic heterocycles. The van der Waals surface area contributed by atoms with Crippen molar-refractivity contribution in [2.45, 2.75) is 18.5 Å². The fourth-order valence-electron chi connectivity index (χ4n) is 1.80. The summed E-state index contributed by atoms with van der Waals surface area (Å²) < 4.78 is 59.9. The first kappa shape index (κ1) is 13.8. The van der Waals surface area contributed by atoms with Crippen molar-refractivity contribution in [3.8, 4) is 0 Å². The second-order valence-corrected chi connectivity index (χ2v) is 7.15. The third kappa shape index (κ3) is 3.64. The molecule has 4 N–H and O–H groups in total. The van der Waals surface area contributed by atoms with Crippen LogP contribution in [0.25, 0.3) is 0 Å². The fraction of sp³-hybridized carbons (Fsp3) is 1.00. The molecular formula is C6H14N2O6S2. The monoisotopic (exact) mass is 274 g/mol. The highest BCUT2D eigenvalue weighted by molar-refractivity contribution is 7.86. The molecule has 2 atom stereocenters. The van der Waals surface area contributed by atoms with Crippen molar-refractivity contribution in [3.63, 3.8) is 0 Å². The zero-order valence-corrected chi connectivity index (χ0v) is 10.2. The van der Waals surface area contributed by atoms with Crippen molar-refractivity contribution in [1.29, 1.82) is 0 Å². The van der Waals surface area contributed by atoms with E-state index >= 15 is 0 Å². The van der Waals surface area contributed by atoms with Crippen molar-refractivity contribution in [2.75, 3.05) is 18.2 Å². The molecule has 0 saturated carbocycles. The third-order valence-corrected chi connectivity index (χ3v) is 3.84. The van der Waals surface area contributed by atoms with Crippen LogP contribution in [0.1, 0.15) is 6.92 Å². The van der Waals surface area contributed by atoms with Crippen LogP contribution in [0.3, 0.4) is 0 Å². The number of hydrogen-bond donors (Lipinski definition) is 3. The predicted molar refractivity (Wildman–Crippen MR) is 55.9 cm³/mol. The summed E-state index contributed by atoms with van der Waals surface area (Å²) in [5.74, 6) is -1.35. The van der Waals surface area contributed by atoms with Crippen LogP contribution >= 0.6 is 0 Å². The molecule has 10 heteroatoms. The Morgan fingerprint density at radius 3 is 2.12 bits per heavy atom. The summed E-state index contributed by atoms with van der Waals surface area (Å²) >= 11 is 0. The lowest BCUT2D eigenvalue weighted by atomic mass is 9.84. The van der Waals surface area contributed by atoms with Crippen LogP contribution < -0.4 is 5.73 Å². The number of rotatable bonds is 4. The minimum Gasteiger partial charge on any atom is -0.323 e. The lowest BCUT2D eigenvalue weighted by molar-refractivity contribution is 0.0302. The Kier molecular flexibility index (Phi) is 3.36. The molecule has 1 rings (SSSR count). The van der Waals surface area contributed by atoms with E-state index in [2.05, 4.69) is 0 Å². The fourth-order valence-corrected chi connectivity index (χ4v) is 3.48. The van der Waals surface area contributed by atoms with Gasteiger partial charge < -0.3 is 5.73 Å². The van der Waals surface area contributed by atoms with E-state index in [9.17, 15) is 16.8 Å². The molecule has 1 fully saturated rings. The average Bonchev–Trinajstić information content (AvgIpc) is 1.95. The molecule has 0 radical (unpaired) electrons. The van der Waals surface area contributed by atoms with Gasteiger partial charge in [0.15, 0.2) is 0 Å². The van der Waals surface area contributed by atoms with Crippen LogP contribution in [-0.2, 0) is 20.2 Å². The Hall–Kier alpha value is -0.260. The number of nitrogens with two attached hydrogens (primary N) is 1. The van der Waals surface area contributed by atoms with Crippen molar-refractivity contribution in [3.05, 3.63) is 0 Å². The first-order valence-electron chi connectivity index (χ1n) is 4.34. The van der Waals surface area contributed by atoms with Gasteiger partial charge in [0.05, 0.1) is 5.75 Å². The van der Waals surface area contributed by atoms with Gasteiger partial charge in [-0.2, -0.15) is 16.8 Å². The summed E-state index contributed by atoms with van der Waals surface area (Å²) in [4.78, 5) is 1.18. The molecular weight excluding hydrogens is 260 g/mol. The quantitative estimate of drug-likeness (QED) is 0.506. The van der Waals surface area contributed by atoms with Gasteiger partial charge in [0.2, 0.25) is 0 Å². The van der Waals surface area contributed by atoms with Gasteiger partial charge in [-0.15, -0.1) is 0 Å². The molecule has 0 aromatic carbocycles. The summed E-state index contributed by atoms with van der Waals surface area (Å²) in [6.45, 7) is 1.68. The third-order valence-electron chi connectivity index (χ3n) is 2.44. The first-order valence-corrected chi connectivity index (χ1v) is 7.56. The summed E-state index contributed by atoms with van der Waals surface area (Å²) in [5.41, 5.74) is 4.79. The largest absolute Gasteiger partial charge is 0.323 e. The maximum atomic E-state index is 10.7. The molecule has 1 heterocycles. The second kappa shape index (κ2) is 3.89. The Labute approximate surface area is 93.9 Å². The van der Waals surface area contributed by atoms with E-state index in [0.29, 0.717) is 0 Å². The Balaban J connectivity index is 2.77. The van der Waals surface area contributed by atoms with E-state index in [0.717, 1.165) is 0 Å². The minimum absolute atomic E-state index is 0.132. The highest BCUT2D eigenvalue weighted by Gasteiger charge is 2.49. The van der Waals surface area contributed by atoms with Gasteiger partial charge in [0.1, 0.15) is 5.88 Å². The highest BCUT2D eigenvalue weighted by Crippen LogP contribution is 2.28. The van der Waals surface area contributed by atoms with E-state index in [1.165, 1.54) is 4.90 Å². The van der Waals surface area contributed by atoms with Crippen LogP contribution in [-0.4, -0.2) is 60.6 Å². The lowest BCUT2D eigenvalue weighted by Crippen LogP contribution is -2.75. The molecule has 0 aliphatic carbocycles. The molecule has 0 aromatic rings. The molecule has 1 aliphatic heterocycles. The zero-order valence-electron chi connectivity index (χ0n) is 8.57. The predicted octanol–water partition coefficient (Wildman–Crippen LogP) is -1.88. The van der Waals surface area contributed by atoms with Crippen LogP contribution in [0, 0.1) is 0 Å². The summed E-state index contributed by atoms with van der Waals surface area (Å²) in [7, 11) is -8.47. The van der Waals surface area contributed by atoms with Crippen LogP contribution in [0.15, 0.2) is 0 Å². The van der Waals surface area contributed by atoms with E-state index in [4.69, 9.17) is 14.8 Å². The van der Waals surface area contributed by atoms with E-state index in [1.54, 1.807) is 6.92 Å². The van der Waals surface area contributed by atoms with E-state index < -0.39 is 43.4 Å². The Morgan fingerprint density at radius 2 is 1.81 bits per heavy atom. The van der Waals surface area contributed by atoms with Crippen LogP contribution in [0.5, 0.6) is 0 Å². The van der Waals surface area contributed by atoms with Gasteiger partial charge in [-0.1, -0.05) is 0 Å². The van der Waals surface area contributed by atoms with Crippen molar-refractivity contribution >= 4 is 20.2 Å². The maximum absolute atomic E-state index is 10.7. The van der Waals surface area contributed by atoms with Crippen LogP contribution in [0.2, 0.25) is 0 Å². The Morgan fingerprint density at radius 1 is 1.31 bits per heavy atom. The maximum Gasteiger partial charge on any atom is 0.278 e. The zero-order chi connectivity index (χ0) is 12.8. The van der Waals surface area contributed by atoms with Crippen molar-refractivity contribution < 1.29 is 25.9 Å². The number of likely N-dealkylation sites (tertiary alicyclic amines) is 1. The standard InChI is InChI=1S/C6H14N2O6S2/c1-6(7)3-8(4-16(12,13)14)5(6)2-15(9,10)11/h5H,2-4,7H2,1H3,(H,9,10,11)(H,12,13,14). The minimum atomic E-state index is -4.24.